The molecule has 0 aliphatic heterocycles. The number of hydrogen-bond acceptors (Lipinski definition) is 6. The average Bonchev–Trinajstić information content (AvgIpc) is 3.40. The third-order valence-electron chi connectivity index (χ3n) is 14.9. The number of carbonyl (C=O) groups is 3. The fourth-order valence-electron chi connectivity index (χ4n) is 9.99. The second-order valence-corrected chi connectivity index (χ2v) is 22.4. The molecule has 0 radical (unpaired) electrons. The third-order valence-corrected chi connectivity index (χ3v) is 14.9. The molecule has 6 nitrogen and oxygen atoms in total. The lowest BCUT2D eigenvalue weighted by atomic mass is 10.0. The Labute approximate surface area is 461 Å². The molecule has 0 aromatic carbocycles. The molecule has 0 aliphatic carbocycles. The lowest BCUT2D eigenvalue weighted by molar-refractivity contribution is -0.167. The van der Waals surface area contributed by atoms with Crippen LogP contribution in [0.1, 0.15) is 361 Å². The highest BCUT2D eigenvalue weighted by atomic mass is 16.6. The quantitative estimate of drug-likeness (QED) is 0.0261. The van der Waals surface area contributed by atoms with E-state index in [-0.39, 0.29) is 31.1 Å². The summed E-state index contributed by atoms with van der Waals surface area (Å²) in [6.07, 6.45) is 77.4. The van der Waals surface area contributed by atoms with E-state index >= 15 is 0 Å². The van der Waals surface area contributed by atoms with Gasteiger partial charge in [0.15, 0.2) is 6.10 Å². The van der Waals surface area contributed by atoms with Gasteiger partial charge in [0.2, 0.25) is 0 Å². The number of esters is 3. The number of rotatable bonds is 61. The Hall–Kier alpha value is -2.37. The van der Waals surface area contributed by atoms with E-state index in [1.165, 1.54) is 238 Å². The molecule has 434 valence electrons. The molecule has 6 heteroatoms. The Morgan fingerprint density at radius 1 is 0.284 bits per heavy atom. The van der Waals surface area contributed by atoms with Crippen molar-refractivity contribution < 1.29 is 28.6 Å². The van der Waals surface area contributed by atoms with Crippen LogP contribution in [0, 0.1) is 0 Å². The van der Waals surface area contributed by atoms with E-state index < -0.39 is 6.10 Å². The van der Waals surface area contributed by atoms with Crippen LogP contribution >= 0.6 is 0 Å². The van der Waals surface area contributed by atoms with Crippen LogP contribution in [0.4, 0.5) is 0 Å². The van der Waals surface area contributed by atoms with Crippen LogP contribution in [0.5, 0.6) is 0 Å². The van der Waals surface area contributed by atoms with Gasteiger partial charge in [-0.05, 0) is 51.4 Å². The molecule has 74 heavy (non-hydrogen) atoms. The van der Waals surface area contributed by atoms with Crippen LogP contribution in [-0.4, -0.2) is 37.2 Å². The summed E-state index contributed by atoms with van der Waals surface area (Å²) in [6, 6.07) is 0. The minimum absolute atomic E-state index is 0.0760. The zero-order valence-electron chi connectivity index (χ0n) is 49.9. The Balaban J connectivity index is 4.24. The topological polar surface area (TPSA) is 78.9 Å². The Morgan fingerprint density at radius 3 is 0.824 bits per heavy atom. The van der Waals surface area contributed by atoms with Gasteiger partial charge >= 0.3 is 17.9 Å². The van der Waals surface area contributed by atoms with E-state index in [4.69, 9.17) is 14.2 Å². The first kappa shape index (κ1) is 71.6. The van der Waals surface area contributed by atoms with Gasteiger partial charge in [-0.15, -0.1) is 0 Å². The van der Waals surface area contributed by atoms with Crippen LogP contribution in [0.3, 0.4) is 0 Å². The molecular formula is C68H126O6. The van der Waals surface area contributed by atoms with E-state index in [0.29, 0.717) is 19.3 Å². The van der Waals surface area contributed by atoms with Crippen LogP contribution < -0.4 is 0 Å². The number of ether oxygens (including phenoxy) is 3. The van der Waals surface area contributed by atoms with E-state index in [9.17, 15) is 14.4 Å². The number of hydrogen-bond donors (Lipinski definition) is 0. The Morgan fingerprint density at radius 2 is 0.527 bits per heavy atom. The summed E-state index contributed by atoms with van der Waals surface area (Å²) in [5.74, 6) is -0.880. The van der Waals surface area contributed by atoms with Crippen molar-refractivity contribution in [2.75, 3.05) is 13.2 Å². The highest BCUT2D eigenvalue weighted by molar-refractivity contribution is 5.71. The normalized spacial score (nSPS) is 12.2. The Bertz CT molecular complexity index is 1240. The predicted molar refractivity (Wildman–Crippen MR) is 321 cm³/mol. The van der Waals surface area contributed by atoms with Crippen LogP contribution in [-0.2, 0) is 28.6 Å². The molecule has 0 saturated heterocycles. The highest BCUT2D eigenvalue weighted by Crippen LogP contribution is 2.18. The first-order chi connectivity index (χ1) is 36.5. The molecule has 0 fully saturated rings. The minimum Gasteiger partial charge on any atom is -0.462 e. The predicted octanol–water partition coefficient (Wildman–Crippen LogP) is 22.4. The van der Waals surface area contributed by atoms with Gasteiger partial charge in [0.1, 0.15) is 13.2 Å². The molecule has 1 atom stereocenters. The van der Waals surface area contributed by atoms with Gasteiger partial charge in [0.05, 0.1) is 0 Å². The van der Waals surface area contributed by atoms with E-state index in [2.05, 4.69) is 57.2 Å². The second-order valence-electron chi connectivity index (χ2n) is 22.4. The summed E-state index contributed by atoms with van der Waals surface area (Å²) in [7, 11) is 0. The molecule has 0 bridgehead atoms. The van der Waals surface area contributed by atoms with E-state index in [0.717, 1.165) is 83.5 Å². The third kappa shape index (κ3) is 60.5. The first-order valence-corrected chi connectivity index (χ1v) is 33.0. The van der Waals surface area contributed by atoms with Crippen molar-refractivity contribution in [2.45, 2.75) is 367 Å². The summed E-state index contributed by atoms with van der Waals surface area (Å²) in [6.45, 7) is 6.57. The summed E-state index contributed by atoms with van der Waals surface area (Å²) < 4.78 is 16.9. The molecule has 0 aromatic heterocycles. The van der Waals surface area contributed by atoms with Crippen molar-refractivity contribution in [2.24, 2.45) is 0 Å². The molecule has 0 aromatic rings. The largest absolute Gasteiger partial charge is 0.462 e. The van der Waals surface area contributed by atoms with Gasteiger partial charge in [-0.2, -0.15) is 0 Å². The number of carbonyl (C=O) groups excluding carboxylic acids is 3. The standard InChI is InChI=1S/C68H126O6/c1-4-7-10-13-16-19-22-25-27-29-31-32-33-34-35-37-38-40-43-46-49-52-55-58-61-67(70)73-64-65(63-72-66(69)60-57-54-51-48-45-42-24-21-18-15-12-9-6-3)74-68(71)62-59-56-53-50-47-44-41-39-36-30-28-26-23-20-17-14-11-8-5-2/h9,12,18,21,42,45,65H,4-8,10-11,13-17,19-20,22-41,43-44,46-64H2,1-3H3/b12-9-,21-18-,45-42-. The van der Waals surface area contributed by atoms with Gasteiger partial charge in [0, 0.05) is 19.3 Å². The minimum atomic E-state index is -0.781. The maximum absolute atomic E-state index is 12.9. The second kappa shape index (κ2) is 63.2. The molecule has 0 amide bonds. The van der Waals surface area contributed by atoms with Crippen molar-refractivity contribution in [1.82, 2.24) is 0 Å². The van der Waals surface area contributed by atoms with Gasteiger partial charge in [-0.25, -0.2) is 0 Å². The van der Waals surface area contributed by atoms with Crippen molar-refractivity contribution >= 4 is 17.9 Å². The lowest BCUT2D eigenvalue weighted by Gasteiger charge is -2.18. The van der Waals surface area contributed by atoms with Crippen LogP contribution in [0.15, 0.2) is 36.5 Å². The van der Waals surface area contributed by atoms with Crippen molar-refractivity contribution in [3.63, 3.8) is 0 Å². The van der Waals surface area contributed by atoms with Crippen LogP contribution in [0.2, 0.25) is 0 Å². The molecular weight excluding hydrogens is 913 g/mol. The zero-order valence-corrected chi connectivity index (χ0v) is 49.9. The molecule has 0 rings (SSSR count). The highest BCUT2D eigenvalue weighted by Gasteiger charge is 2.19. The Kier molecular flexibility index (Phi) is 61.1. The zero-order chi connectivity index (χ0) is 53.6. The van der Waals surface area contributed by atoms with E-state index in [1.54, 1.807) is 0 Å². The summed E-state index contributed by atoms with van der Waals surface area (Å²) in [5.41, 5.74) is 0. The first-order valence-electron chi connectivity index (χ1n) is 33.0. The van der Waals surface area contributed by atoms with Crippen molar-refractivity contribution in [1.29, 1.82) is 0 Å². The fraction of sp³-hybridized carbons (Fsp3) is 0.868. The molecule has 0 saturated carbocycles. The number of unbranched alkanes of at least 4 members (excludes halogenated alkanes) is 44. The molecule has 0 spiro atoms. The van der Waals surface area contributed by atoms with Gasteiger partial charge < -0.3 is 14.2 Å². The maximum atomic E-state index is 12.9. The molecule has 1 unspecified atom stereocenters. The van der Waals surface area contributed by atoms with Gasteiger partial charge in [-0.1, -0.05) is 327 Å². The molecule has 0 N–H and O–H groups in total. The molecule has 0 aliphatic rings. The number of allylic oxidation sites excluding steroid dienone is 6. The SMILES string of the molecule is CC/C=C\C/C=C\C/C=C\CCCCCC(=O)OCC(COC(=O)CCCCCCCCCCCCCCCCCCCCCCCCCC)OC(=O)CCCCCCCCCCCCCCCCCCCCC. The van der Waals surface area contributed by atoms with E-state index in [1.807, 2.05) is 0 Å². The summed E-state index contributed by atoms with van der Waals surface area (Å²) in [5, 5.41) is 0. The smallest absolute Gasteiger partial charge is 0.306 e. The maximum Gasteiger partial charge on any atom is 0.306 e. The molecule has 0 heterocycles. The summed E-state index contributed by atoms with van der Waals surface area (Å²) in [4.78, 5) is 38.3. The lowest BCUT2D eigenvalue weighted by Crippen LogP contribution is -2.30. The fourth-order valence-corrected chi connectivity index (χ4v) is 9.99. The van der Waals surface area contributed by atoms with Gasteiger partial charge in [-0.3, -0.25) is 14.4 Å². The van der Waals surface area contributed by atoms with Crippen molar-refractivity contribution in [3.8, 4) is 0 Å². The van der Waals surface area contributed by atoms with Crippen molar-refractivity contribution in [3.05, 3.63) is 36.5 Å². The van der Waals surface area contributed by atoms with Gasteiger partial charge in [0.25, 0.3) is 0 Å². The summed E-state index contributed by atoms with van der Waals surface area (Å²) >= 11 is 0. The monoisotopic (exact) mass is 1040 g/mol. The van der Waals surface area contributed by atoms with Crippen LogP contribution in [0.25, 0.3) is 0 Å². The average molecular weight is 1040 g/mol.